The molecule has 0 spiro atoms. The van der Waals surface area contributed by atoms with E-state index in [1.165, 1.54) is 0 Å². The standard InChI is InChI=1S/C10H13N3O2/c11-10(15)9-5-7(1-3-12-9)13-4-2-8(14)6-13/h1,3,5,8,14H,2,4,6H2,(H2,11,15)/t8-/m0/s1. The first kappa shape index (κ1) is 9.92. The molecule has 0 unspecified atom stereocenters. The minimum absolute atomic E-state index is 0.258. The molecule has 0 radical (unpaired) electrons. The topological polar surface area (TPSA) is 79.5 Å². The third-order valence-electron chi connectivity index (χ3n) is 2.52. The first-order chi connectivity index (χ1) is 7.16. The van der Waals surface area contributed by atoms with Crippen molar-refractivity contribution in [1.29, 1.82) is 0 Å². The molecule has 0 aliphatic carbocycles. The van der Waals surface area contributed by atoms with Gasteiger partial charge in [-0.1, -0.05) is 0 Å². The Balaban J connectivity index is 2.21. The van der Waals surface area contributed by atoms with Crippen LogP contribution in [0.15, 0.2) is 18.3 Å². The van der Waals surface area contributed by atoms with Crippen molar-refractivity contribution in [2.45, 2.75) is 12.5 Å². The lowest BCUT2D eigenvalue weighted by Crippen LogP contribution is -2.22. The molecular formula is C10H13N3O2. The number of amides is 1. The molecule has 1 aromatic rings. The van der Waals surface area contributed by atoms with E-state index in [4.69, 9.17) is 5.73 Å². The monoisotopic (exact) mass is 207 g/mol. The lowest BCUT2D eigenvalue weighted by molar-refractivity contribution is 0.0995. The van der Waals surface area contributed by atoms with Gasteiger partial charge >= 0.3 is 0 Å². The van der Waals surface area contributed by atoms with E-state index in [-0.39, 0.29) is 11.8 Å². The number of carbonyl (C=O) groups excluding carboxylic acids is 1. The van der Waals surface area contributed by atoms with Gasteiger partial charge in [0.05, 0.1) is 6.10 Å². The maximum Gasteiger partial charge on any atom is 0.267 e. The fraction of sp³-hybridized carbons (Fsp3) is 0.400. The number of aliphatic hydroxyl groups excluding tert-OH is 1. The summed E-state index contributed by atoms with van der Waals surface area (Å²) >= 11 is 0. The smallest absolute Gasteiger partial charge is 0.267 e. The number of carbonyl (C=O) groups is 1. The van der Waals surface area contributed by atoms with Gasteiger partial charge in [-0.2, -0.15) is 0 Å². The first-order valence-electron chi connectivity index (χ1n) is 4.85. The molecule has 1 atom stereocenters. The Bertz CT molecular complexity index is 381. The van der Waals surface area contributed by atoms with Crippen LogP contribution in [0.2, 0.25) is 0 Å². The van der Waals surface area contributed by atoms with Gasteiger partial charge in [0, 0.05) is 25.0 Å². The maximum atomic E-state index is 10.9. The van der Waals surface area contributed by atoms with Crippen molar-refractivity contribution in [3.8, 4) is 0 Å². The third kappa shape index (κ3) is 2.07. The summed E-state index contributed by atoms with van der Waals surface area (Å²) < 4.78 is 0. The Kier molecular flexibility index (Phi) is 2.55. The SMILES string of the molecule is NC(=O)c1cc(N2CC[C@H](O)C2)ccn1. The number of anilines is 1. The summed E-state index contributed by atoms with van der Waals surface area (Å²) in [5.41, 5.74) is 6.28. The highest BCUT2D eigenvalue weighted by molar-refractivity contribution is 5.91. The van der Waals surface area contributed by atoms with Crippen molar-refractivity contribution in [3.05, 3.63) is 24.0 Å². The van der Waals surface area contributed by atoms with Gasteiger partial charge in [0.25, 0.3) is 5.91 Å². The average molecular weight is 207 g/mol. The molecule has 1 amide bonds. The largest absolute Gasteiger partial charge is 0.391 e. The van der Waals surface area contributed by atoms with Crippen molar-refractivity contribution in [2.75, 3.05) is 18.0 Å². The molecule has 1 aliphatic heterocycles. The highest BCUT2D eigenvalue weighted by Crippen LogP contribution is 2.20. The molecule has 15 heavy (non-hydrogen) atoms. The highest BCUT2D eigenvalue weighted by atomic mass is 16.3. The number of hydrogen-bond acceptors (Lipinski definition) is 4. The van der Waals surface area contributed by atoms with Crippen LogP contribution < -0.4 is 10.6 Å². The van der Waals surface area contributed by atoms with Gasteiger partial charge < -0.3 is 15.7 Å². The predicted molar refractivity (Wildman–Crippen MR) is 55.6 cm³/mol. The molecule has 5 heteroatoms. The summed E-state index contributed by atoms with van der Waals surface area (Å²) in [6.07, 6.45) is 2.03. The van der Waals surface area contributed by atoms with Gasteiger partial charge in [-0.3, -0.25) is 9.78 Å². The molecule has 0 saturated carbocycles. The van der Waals surface area contributed by atoms with Gasteiger partial charge in [-0.25, -0.2) is 0 Å². The van der Waals surface area contributed by atoms with Crippen molar-refractivity contribution < 1.29 is 9.90 Å². The van der Waals surface area contributed by atoms with Crippen LogP contribution in [-0.4, -0.2) is 35.2 Å². The second kappa shape index (κ2) is 3.86. The van der Waals surface area contributed by atoms with E-state index in [2.05, 4.69) is 4.98 Å². The van der Waals surface area contributed by atoms with E-state index in [0.717, 1.165) is 18.7 Å². The Morgan fingerprint density at radius 3 is 3.07 bits per heavy atom. The van der Waals surface area contributed by atoms with Gasteiger partial charge in [-0.15, -0.1) is 0 Å². The lowest BCUT2D eigenvalue weighted by atomic mass is 10.3. The number of hydrogen-bond donors (Lipinski definition) is 2. The highest BCUT2D eigenvalue weighted by Gasteiger charge is 2.20. The second-order valence-electron chi connectivity index (χ2n) is 3.65. The van der Waals surface area contributed by atoms with E-state index >= 15 is 0 Å². The summed E-state index contributed by atoms with van der Waals surface area (Å²) in [7, 11) is 0. The van der Waals surface area contributed by atoms with Crippen molar-refractivity contribution in [2.24, 2.45) is 5.73 Å². The fourth-order valence-electron chi connectivity index (χ4n) is 1.73. The fourth-order valence-corrected chi connectivity index (χ4v) is 1.73. The Morgan fingerprint density at radius 2 is 2.47 bits per heavy atom. The number of β-amino-alcohol motifs (C(OH)–C–C–N with tert-alkyl or cyclic N) is 1. The second-order valence-corrected chi connectivity index (χ2v) is 3.65. The zero-order chi connectivity index (χ0) is 10.8. The van der Waals surface area contributed by atoms with Gasteiger partial charge in [-0.05, 0) is 18.6 Å². The number of rotatable bonds is 2. The Labute approximate surface area is 87.5 Å². The Hall–Kier alpha value is -1.62. The molecule has 1 aliphatic rings. The van der Waals surface area contributed by atoms with Crippen LogP contribution in [0.4, 0.5) is 5.69 Å². The number of nitrogens with zero attached hydrogens (tertiary/aromatic N) is 2. The molecular weight excluding hydrogens is 194 g/mol. The number of aliphatic hydroxyl groups is 1. The molecule has 2 rings (SSSR count). The van der Waals surface area contributed by atoms with E-state index in [0.29, 0.717) is 6.54 Å². The van der Waals surface area contributed by atoms with Gasteiger partial charge in [0.2, 0.25) is 0 Å². The maximum absolute atomic E-state index is 10.9. The zero-order valence-corrected chi connectivity index (χ0v) is 8.26. The minimum Gasteiger partial charge on any atom is -0.391 e. The van der Waals surface area contributed by atoms with E-state index in [1.807, 2.05) is 11.0 Å². The molecule has 0 bridgehead atoms. The minimum atomic E-state index is -0.531. The molecule has 0 aromatic carbocycles. The molecule has 2 heterocycles. The quantitative estimate of drug-likeness (QED) is 0.701. The van der Waals surface area contributed by atoms with Crippen molar-refractivity contribution in [3.63, 3.8) is 0 Å². The number of primary amides is 1. The van der Waals surface area contributed by atoms with Crippen LogP contribution in [0.5, 0.6) is 0 Å². The van der Waals surface area contributed by atoms with Crippen LogP contribution in [0, 0.1) is 0 Å². The first-order valence-corrected chi connectivity index (χ1v) is 4.85. The number of aromatic nitrogens is 1. The van der Waals surface area contributed by atoms with E-state index in [9.17, 15) is 9.90 Å². The van der Waals surface area contributed by atoms with E-state index in [1.54, 1.807) is 12.3 Å². The van der Waals surface area contributed by atoms with Crippen LogP contribution >= 0.6 is 0 Å². The van der Waals surface area contributed by atoms with E-state index < -0.39 is 5.91 Å². The summed E-state index contributed by atoms with van der Waals surface area (Å²) in [4.78, 5) is 16.8. The van der Waals surface area contributed by atoms with Gasteiger partial charge in [0.15, 0.2) is 0 Å². The molecule has 1 aromatic heterocycles. The van der Waals surface area contributed by atoms with Crippen LogP contribution in [0.1, 0.15) is 16.9 Å². The van der Waals surface area contributed by atoms with Crippen LogP contribution in [0.3, 0.4) is 0 Å². The normalized spacial score (nSPS) is 20.6. The average Bonchev–Trinajstić information content (AvgIpc) is 2.65. The van der Waals surface area contributed by atoms with Gasteiger partial charge in [0.1, 0.15) is 5.69 Å². The van der Waals surface area contributed by atoms with Crippen molar-refractivity contribution >= 4 is 11.6 Å². The number of pyridine rings is 1. The lowest BCUT2D eigenvalue weighted by Gasteiger charge is -2.17. The van der Waals surface area contributed by atoms with Crippen molar-refractivity contribution in [1.82, 2.24) is 4.98 Å². The van der Waals surface area contributed by atoms with Crippen LogP contribution in [0.25, 0.3) is 0 Å². The predicted octanol–water partition coefficient (Wildman–Crippen LogP) is -0.249. The zero-order valence-electron chi connectivity index (χ0n) is 8.26. The Morgan fingerprint density at radius 1 is 1.67 bits per heavy atom. The van der Waals surface area contributed by atoms with Crippen LogP contribution in [-0.2, 0) is 0 Å². The summed E-state index contributed by atoms with van der Waals surface area (Å²) in [5, 5.41) is 9.39. The number of nitrogens with two attached hydrogens (primary N) is 1. The molecule has 1 saturated heterocycles. The summed E-state index contributed by atoms with van der Waals surface area (Å²) in [6, 6.07) is 3.46. The summed E-state index contributed by atoms with van der Waals surface area (Å²) in [6.45, 7) is 1.39. The third-order valence-corrected chi connectivity index (χ3v) is 2.52. The molecule has 80 valence electrons. The molecule has 5 nitrogen and oxygen atoms in total. The molecule has 1 fully saturated rings. The summed E-state index contributed by atoms with van der Waals surface area (Å²) in [5.74, 6) is -0.531. The molecule has 3 N–H and O–H groups in total.